The number of aliphatic imine (C=N–C) groups is 2. The van der Waals surface area contributed by atoms with Crippen LogP contribution in [0.5, 0.6) is 0 Å². The minimum absolute atomic E-state index is 0.209. The molecular formula is C28H33F2N9O. The third-order valence-corrected chi connectivity index (χ3v) is 6.26. The van der Waals surface area contributed by atoms with Gasteiger partial charge in [0.15, 0.2) is 24.1 Å². The fraction of sp³-hybridized carbons (Fsp3) is 0.286. The highest BCUT2D eigenvalue weighted by atomic mass is 19.1. The van der Waals surface area contributed by atoms with Gasteiger partial charge in [0.2, 0.25) is 0 Å². The van der Waals surface area contributed by atoms with Crippen molar-refractivity contribution in [1.82, 2.24) is 30.0 Å². The maximum atomic E-state index is 14.7. The number of pyridine rings is 1. The number of nitrogens with one attached hydrogen (secondary N) is 3. The largest absolute Gasteiger partial charge is 0.469 e. The molecular weight excluding hydrogens is 516 g/mol. The zero-order valence-corrected chi connectivity index (χ0v) is 22.8. The van der Waals surface area contributed by atoms with Crippen LogP contribution in [-0.2, 0) is 4.74 Å². The van der Waals surface area contributed by atoms with Gasteiger partial charge in [0.1, 0.15) is 18.0 Å². The van der Waals surface area contributed by atoms with Crippen molar-refractivity contribution < 1.29 is 13.5 Å². The number of aromatic amines is 2. The summed E-state index contributed by atoms with van der Waals surface area (Å²) in [7, 11) is 2.05. The number of allylic oxidation sites excluding steroid dienone is 1. The highest BCUT2D eigenvalue weighted by Crippen LogP contribution is 2.22. The first-order chi connectivity index (χ1) is 19.4. The van der Waals surface area contributed by atoms with Crippen LogP contribution in [0, 0.1) is 13.8 Å². The van der Waals surface area contributed by atoms with Crippen LogP contribution in [0.1, 0.15) is 17.0 Å². The first-order valence-corrected chi connectivity index (χ1v) is 12.7. The fourth-order valence-corrected chi connectivity index (χ4v) is 4.14. The van der Waals surface area contributed by atoms with Crippen LogP contribution >= 0.6 is 0 Å². The lowest BCUT2D eigenvalue weighted by atomic mass is 10.2. The second-order valence-electron chi connectivity index (χ2n) is 9.29. The van der Waals surface area contributed by atoms with Crippen LogP contribution in [-0.4, -0.2) is 82.5 Å². The Kier molecular flexibility index (Phi) is 9.57. The average molecular weight is 550 g/mol. The van der Waals surface area contributed by atoms with Crippen molar-refractivity contribution >= 4 is 24.2 Å². The Morgan fingerprint density at radius 1 is 1.20 bits per heavy atom. The third-order valence-electron chi connectivity index (χ3n) is 6.26. The van der Waals surface area contributed by atoms with Crippen LogP contribution in [0.4, 0.5) is 14.6 Å². The summed E-state index contributed by atoms with van der Waals surface area (Å²) in [6.45, 7) is 10.1. The van der Waals surface area contributed by atoms with Gasteiger partial charge >= 0.3 is 0 Å². The van der Waals surface area contributed by atoms with Crippen molar-refractivity contribution in [2.24, 2.45) is 9.98 Å². The van der Waals surface area contributed by atoms with Gasteiger partial charge in [-0.25, -0.2) is 18.8 Å². The Hall–Kier alpha value is -4.58. The Labute approximate surface area is 231 Å². The molecule has 10 nitrogen and oxygen atoms in total. The van der Waals surface area contributed by atoms with E-state index in [2.05, 4.69) is 59.0 Å². The lowest BCUT2D eigenvalue weighted by Crippen LogP contribution is -2.47. The van der Waals surface area contributed by atoms with Crippen LogP contribution in [0.2, 0.25) is 0 Å². The molecule has 1 aliphatic heterocycles. The van der Waals surface area contributed by atoms with Gasteiger partial charge in [-0.2, -0.15) is 5.10 Å². The van der Waals surface area contributed by atoms with Gasteiger partial charge in [-0.15, -0.1) is 0 Å². The Morgan fingerprint density at radius 3 is 2.65 bits per heavy atom. The Bertz CT molecular complexity index is 1410. The molecule has 40 heavy (non-hydrogen) atoms. The van der Waals surface area contributed by atoms with Gasteiger partial charge in [-0.05, 0) is 51.4 Å². The SMILES string of the molecule is C=N/C(=C\C(=N/COC(=C\F)/C=C(/F)c1[nH]c(C)cc1C)N1CCN(C)CC1)Nc1cc(-c2ccccn2)[nH]n1. The number of nitrogens with zero attached hydrogens (tertiary/aromatic N) is 6. The van der Waals surface area contributed by atoms with Crippen LogP contribution in [0.3, 0.4) is 0 Å². The Morgan fingerprint density at radius 2 is 2.00 bits per heavy atom. The van der Waals surface area contributed by atoms with Crippen LogP contribution < -0.4 is 5.32 Å². The monoisotopic (exact) mass is 549 g/mol. The lowest BCUT2D eigenvalue weighted by Gasteiger charge is -2.33. The van der Waals surface area contributed by atoms with Gasteiger partial charge < -0.3 is 24.8 Å². The molecule has 0 radical (unpaired) electrons. The molecule has 0 saturated carbocycles. The summed E-state index contributed by atoms with van der Waals surface area (Å²) >= 11 is 0. The van der Waals surface area contributed by atoms with Crippen LogP contribution in [0.25, 0.3) is 17.2 Å². The average Bonchev–Trinajstić information content (AvgIpc) is 3.57. The number of amidine groups is 1. The molecule has 1 saturated heterocycles. The number of anilines is 1. The smallest absolute Gasteiger partial charge is 0.181 e. The first kappa shape index (κ1) is 28.4. The van der Waals surface area contributed by atoms with Crippen molar-refractivity contribution in [1.29, 1.82) is 0 Å². The minimum Gasteiger partial charge on any atom is -0.469 e. The standard InChI is InChI=1S/C28H33F2N9O/c1-19-13-20(2)34-28(19)22(30)14-21(17-29)40-18-33-27(39-11-9-38(4)10-12-39)16-25(31-3)35-26-15-24(36-37-26)23-7-5-6-8-32-23/h5-8,13-17,34H,3,9-12,18H2,1-2,4H3,(H2,35,36,37)/b21-17-,22-14+,25-16+,33-27+. The van der Waals surface area contributed by atoms with E-state index in [-0.39, 0.29) is 24.5 Å². The maximum Gasteiger partial charge on any atom is 0.181 e. The predicted octanol–water partition coefficient (Wildman–Crippen LogP) is 4.81. The number of hydrogen-bond donors (Lipinski definition) is 3. The summed E-state index contributed by atoms with van der Waals surface area (Å²) in [5.41, 5.74) is 3.29. The number of rotatable bonds is 10. The topological polar surface area (TPSA) is 110 Å². The summed E-state index contributed by atoms with van der Waals surface area (Å²) < 4.78 is 33.8. The van der Waals surface area contributed by atoms with Gasteiger partial charge in [-0.3, -0.25) is 10.1 Å². The van der Waals surface area contributed by atoms with E-state index < -0.39 is 5.83 Å². The molecule has 0 amide bonds. The molecule has 4 heterocycles. The number of ether oxygens (including phenoxy) is 1. The summed E-state index contributed by atoms with van der Waals surface area (Å²) in [6.07, 6.45) is 4.63. The van der Waals surface area contributed by atoms with Gasteiger partial charge in [-0.1, -0.05) is 6.07 Å². The molecule has 0 aliphatic carbocycles. The number of aromatic nitrogens is 4. The highest BCUT2D eigenvalue weighted by molar-refractivity contribution is 5.94. The Balaban J connectivity index is 1.50. The van der Waals surface area contributed by atoms with Gasteiger partial charge in [0.25, 0.3) is 0 Å². The highest BCUT2D eigenvalue weighted by Gasteiger charge is 2.17. The van der Waals surface area contributed by atoms with E-state index in [0.29, 0.717) is 36.1 Å². The zero-order chi connectivity index (χ0) is 28.5. The molecule has 0 bridgehead atoms. The molecule has 0 spiro atoms. The quantitative estimate of drug-likeness (QED) is 0.145. The number of likely N-dealkylation sites (N-methyl/N-ethyl adjacent to an activating group) is 1. The molecule has 1 fully saturated rings. The number of aryl methyl sites for hydroxylation is 2. The summed E-state index contributed by atoms with van der Waals surface area (Å²) in [6, 6.07) is 9.23. The summed E-state index contributed by atoms with van der Waals surface area (Å²) in [4.78, 5) is 20.2. The number of piperazine rings is 1. The van der Waals surface area contributed by atoms with Crippen molar-refractivity contribution in [2.45, 2.75) is 13.8 Å². The van der Waals surface area contributed by atoms with Crippen molar-refractivity contribution in [3.8, 4) is 11.4 Å². The molecule has 3 aromatic heterocycles. The van der Waals surface area contributed by atoms with E-state index in [1.807, 2.05) is 37.3 Å². The number of hydrogen-bond acceptors (Lipinski definition) is 7. The maximum absolute atomic E-state index is 14.7. The molecule has 0 aromatic carbocycles. The zero-order valence-electron chi connectivity index (χ0n) is 22.8. The molecule has 3 aromatic rings. The van der Waals surface area contributed by atoms with Gasteiger partial charge in [0, 0.05) is 56.3 Å². The van der Waals surface area contributed by atoms with Crippen molar-refractivity contribution in [3.05, 3.63) is 83.5 Å². The van der Waals surface area contributed by atoms with Gasteiger partial charge in [0.05, 0.1) is 17.1 Å². The van der Waals surface area contributed by atoms with E-state index in [4.69, 9.17) is 4.74 Å². The normalized spacial score (nSPS) is 15.9. The molecule has 4 rings (SSSR count). The van der Waals surface area contributed by atoms with E-state index >= 15 is 0 Å². The van der Waals surface area contributed by atoms with E-state index in [9.17, 15) is 8.78 Å². The number of halogens is 2. The number of H-pyrrole nitrogens is 2. The third kappa shape index (κ3) is 7.50. The van der Waals surface area contributed by atoms with E-state index in [1.165, 1.54) is 0 Å². The fourth-order valence-electron chi connectivity index (χ4n) is 4.14. The van der Waals surface area contributed by atoms with Crippen LogP contribution in [0.15, 0.2) is 76.6 Å². The predicted molar refractivity (Wildman–Crippen MR) is 154 cm³/mol. The molecule has 3 N–H and O–H groups in total. The molecule has 1 aliphatic rings. The first-order valence-electron chi connectivity index (χ1n) is 12.7. The minimum atomic E-state index is -0.635. The van der Waals surface area contributed by atoms with E-state index in [0.717, 1.165) is 36.2 Å². The van der Waals surface area contributed by atoms with Crippen molar-refractivity contribution in [3.63, 3.8) is 0 Å². The summed E-state index contributed by atoms with van der Waals surface area (Å²) in [5.74, 6) is 0.562. The second-order valence-corrected chi connectivity index (χ2v) is 9.29. The molecule has 12 heteroatoms. The van der Waals surface area contributed by atoms with E-state index in [1.54, 1.807) is 19.2 Å². The molecule has 210 valence electrons. The second kappa shape index (κ2) is 13.5. The van der Waals surface area contributed by atoms with Crippen molar-refractivity contribution in [2.75, 3.05) is 45.3 Å². The lowest BCUT2D eigenvalue weighted by molar-refractivity contribution is 0.208. The summed E-state index contributed by atoms with van der Waals surface area (Å²) in [5, 5.41) is 10.4. The molecule has 0 unspecified atom stereocenters. The molecule has 0 atom stereocenters.